The summed E-state index contributed by atoms with van der Waals surface area (Å²) >= 11 is 0. The van der Waals surface area contributed by atoms with Gasteiger partial charge in [-0.3, -0.25) is 10.7 Å². The monoisotopic (exact) mass is 269 g/mol. The van der Waals surface area contributed by atoms with Gasteiger partial charge in [0, 0.05) is 12.1 Å². The summed E-state index contributed by atoms with van der Waals surface area (Å²) in [5.41, 5.74) is 6.88. The number of nitrogens with one attached hydrogen (secondary N) is 1. The minimum atomic E-state index is -0.409. The minimum Gasteiger partial charge on any atom is -0.471 e. The van der Waals surface area contributed by atoms with E-state index >= 15 is 0 Å². The maximum absolute atomic E-state index is 5.90. The summed E-state index contributed by atoms with van der Waals surface area (Å²) in [5, 5.41) is 2.93. The number of para-hydroxylation sites is 1. The van der Waals surface area contributed by atoms with Crippen molar-refractivity contribution in [3.63, 3.8) is 0 Å². The molecule has 2 aromatic carbocycles. The highest BCUT2D eigenvalue weighted by Crippen LogP contribution is 2.17. The van der Waals surface area contributed by atoms with E-state index in [4.69, 9.17) is 10.5 Å². The number of nitrogens with zero attached hydrogens (tertiary/aromatic N) is 1. The zero-order valence-electron chi connectivity index (χ0n) is 11.3. The molecule has 4 nitrogen and oxygen atoms in total. The zero-order chi connectivity index (χ0) is 14.0. The van der Waals surface area contributed by atoms with Gasteiger partial charge in [-0.05, 0) is 12.1 Å². The van der Waals surface area contributed by atoms with Gasteiger partial charge >= 0.3 is 0 Å². The van der Waals surface area contributed by atoms with Crippen LogP contribution in [0.1, 0.15) is 11.8 Å². The first kappa shape index (κ1) is 14.1. The zero-order valence-corrected chi connectivity index (χ0v) is 11.3. The Kier molecular flexibility index (Phi) is 5.61. The molecule has 1 atom stereocenters. The summed E-state index contributed by atoms with van der Waals surface area (Å²) in [5.74, 6) is 0.786. The molecule has 3 rings (SSSR count). The third-order valence-corrected chi connectivity index (χ3v) is 2.70. The lowest BCUT2D eigenvalue weighted by Crippen LogP contribution is -2.17. The molecule has 20 heavy (non-hydrogen) atoms. The molecule has 1 aliphatic rings. The van der Waals surface area contributed by atoms with Crippen molar-refractivity contribution in [2.75, 3.05) is 13.1 Å². The molecule has 0 aromatic heterocycles. The van der Waals surface area contributed by atoms with Crippen molar-refractivity contribution < 1.29 is 4.74 Å². The highest BCUT2D eigenvalue weighted by molar-refractivity contribution is 5.56. The van der Waals surface area contributed by atoms with E-state index in [1.165, 1.54) is 0 Å². The number of nitrogens with two attached hydrogens (primary N) is 1. The Morgan fingerprint density at radius 2 is 1.65 bits per heavy atom. The molecule has 0 saturated carbocycles. The molecule has 2 aromatic rings. The van der Waals surface area contributed by atoms with Gasteiger partial charge in [0.05, 0.1) is 12.9 Å². The maximum atomic E-state index is 5.90. The Bertz CT molecular complexity index is 508. The second-order valence-electron chi connectivity index (χ2n) is 4.25. The first-order chi connectivity index (χ1) is 9.86. The van der Waals surface area contributed by atoms with E-state index in [0.29, 0.717) is 0 Å². The first-order valence-corrected chi connectivity index (χ1v) is 6.60. The Morgan fingerprint density at radius 3 is 2.15 bits per heavy atom. The van der Waals surface area contributed by atoms with Gasteiger partial charge in [-0.15, -0.1) is 0 Å². The van der Waals surface area contributed by atoms with E-state index in [-0.39, 0.29) is 0 Å². The van der Waals surface area contributed by atoms with Crippen LogP contribution in [0, 0.1) is 0 Å². The number of benzene rings is 2. The van der Waals surface area contributed by atoms with Gasteiger partial charge in [0.15, 0.2) is 6.23 Å². The van der Waals surface area contributed by atoms with Crippen LogP contribution in [-0.2, 0) is 0 Å². The first-order valence-electron chi connectivity index (χ1n) is 6.60. The second kappa shape index (κ2) is 7.96. The third kappa shape index (κ3) is 4.74. The SMILES string of the molecule is C1=NCCN1.NC(Oc1ccccc1)c1ccccc1. The van der Waals surface area contributed by atoms with Gasteiger partial charge in [0.25, 0.3) is 0 Å². The lowest BCUT2D eigenvalue weighted by Gasteiger charge is -2.14. The van der Waals surface area contributed by atoms with Gasteiger partial charge in [-0.2, -0.15) is 0 Å². The van der Waals surface area contributed by atoms with Crippen molar-refractivity contribution >= 4 is 6.34 Å². The van der Waals surface area contributed by atoms with Crippen molar-refractivity contribution in [2.24, 2.45) is 10.7 Å². The summed E-state index contributed by atoms with van der Waals surface area (Å²) in [7, 11) is 0. The van der Waals surface area contributed by atoms with Crippen molar-refractivity contribution in [3.8, 4) is 5.75 Å². The number of rotatable bonds is 3. The molecule has 0 fully saturated rings. The summed E-state index contributed by atoms with van der Waals surface area (Å²) in [6, 6.07) is 19.3. The molecule has 104 valence electrons. The van der Waals surface area contributed by atoms with Crippen LogP contribution in [0.2, 0.25) is 0 Å². The van der Waals surface area contributed by atoms with Gasteiger partial charge in [-0.1, -0.05) is 48.5 Å². The fourth-order valence-electron chi connectivity index (χ4n) is 1.68. The molecular formula is C16H19N3O. The Labute approximate surface area is 119 Å². The van der Waals surface area contributed by atoms with Crippen molar-refractivity contribution in [1.29, 1.82) is 0 Å². The van der Waals surface area contributed by atoms with Crippen LogP contribution in [0.5, 0.6) is 5.75 Å². The molecule has 4 heteroatoms. The number of aliphatic imine (C=N–C) groups is 1. The smallest absolute Gasteiger partial charge is 0.174 e. The molecule has 3 N–H and O–H groups in total. The fourth-order valence-corrected chi connectivity index (χ4v) is 1.68. The van der Waals surface area contributed by atoms with Crippen molar-refractivity contribution in [3.05, 3.63) is 66.2 Å². The average Bonchev–Trinajstić information content (AvgIpc) is 3.09. The maximum Gasteiger partial charge on any atom is 0.174 e. The van der Waals surface area contributed by atoms with Gasteiger partial charge in [0.1, 0.15) is 5.75 Å². The van der Waals surface area contributed by atoms with Crippen LogP contribution >= 0.6 is 0 Å². The van der Waals surface area contributed by atoms with Crippen LogP contribution in [-0.4, -0.2) is 19.4 Å². The fraction of sp³-hybridized carbons (Fsp3) is 0.188. The van der Waals surface area contributed by atoms with E-state index < -0.39 is 6.23 Å². The normalized spacial score (nSPS) is 13.8. The van der Waals surface area contributed by atoms with Crippen LogP contribution in [0.25, 0.3) is 0 Å². The predicted octanol–water partition coefficient (Wildman–Crippen LogP) is 2.34. The quantitative estimate of drug-likeness (QED) is 0.841. The molecule has 1 aliphatic heterocycles. The number of hydrogen-bond donors (Lipinski definition) is 2. The largest absolute Gasteiger partial charge is 0.471 e. The third-order valence-electron chi connectivity index (χ3n) is 2.70. The van der Waals surface area contributed by atoms with Crippen molar-refractivity contribution in [1.82, 2.24) is 5.32 Å². The van der Waals surface area contributed by atoms with Gasteiger partial charge in [0.2, 0.25) is 0 Å². The van der Waals surface area contributed by atoms with Crippen LogP contribution in [0.4, 0.5) is 0 Å². The second-order valence-corrected chi connectivity index (χ2v) is 4.25. The predicted molar refractivity (Wildman–Crippen MR) is 81.8 cm³/mol. The van der Waals surface area contributed by atoms with E-state index in [2.05, 4.69) is 10.3 Å². The molecule has 0 saturated heterocycles. The molecular weight excluding hydrogens is 250 g/mol. The Morgan fingerprint density at radius 1 is 1.00 bits per heavy atom. The molecule has 0 spiro atoms. The molecule has 0 amide bonds. The van der Waals surface area contributed by atoms with E-state index in [1.807, 2.05) is 60.7 Å². The molecule has 0 bridgehead atoms. The van der Waals surface area contributed by atoms with E-state index in [1.54, 1.807) is 6.34 Å². The summed E-state index contributed by atoms with van der Waals surface area (Å²) in [6.45, 7) is 1.99. The number of ether oxygens (including phenoxy) is 1. The minimum absolute atomic E-state index is 0.409. The highest BCUT2D eigenvalue weighted by atomic mass is 16.5. The van der Waals surface area contributed by atoms with Gasteiger partial charge in [-0.25, -0.2) is 0 Å². The number of hydrogen-bond acceptors (Lipinski definition) is 4. The van der Waals surface area contributed by atoms with Crippen LogP contribution in [0.15, 0.2) is 65.7 Å². The lowest BCUT2D eigenvalue weighted by atomic mass is 10.2. The average molecular weight is 269 g/mol. The lowest BCUT2D eigenvalue weighted by molar-refractivity contribution is 0.214. The summed E-state index contributed by atoms with van der Waals surface area (Å²) in [4.78, 5) is 3.85. The van der Waals surface area contributed by atoms with Crippen LogP contribution < -0.4 is 15.8 Å². The Hall–Kier alpha value is -2.33. The van der Waals surface area contributed by atoms with E-state index in [9.17, 15) is 0 Å². The molecule has 1 unspecified atom stereocenters. The van der Waals surface area contributed by atoms with Gasteiger partial charge < -0.3 is 10.1 Å². The summed E-state index contributed by atoms with van der Waals surface area (Å²) < 4.78 is 5.58. The molecule has 0 aliphatic carbocycles. The summed E-state index contributed by atoms with van der Waals surface area (Å²) in [6.07, 6.45) is 1.33. The van der Waals surface area contributed by atoms with Crippen LogP contribution in [0.3, 0.4) is 0 Å². The van der Waals surface area contributed by atoms with E-state index in [0.717, 1.165) is 24.4 Å². The van der Waals surface area contributed by atoms with Crippen molar-refractivity contribution in [2.45, 2.75) is 6.23 Å². The topological polar surface area (TPSA) is 59.6 Å². The molecule has 1 heterocycles. The highest BCUT2D eigenvalue weighted by Gasteiger charge is 2.05. The Balaban J connectivity index is 0.000000247. The standard InChI is InChI=1S/C13H13NO.C3H6N2/c14-13(11-7-3-1-4-8-11)15-12-9-5-2-6-10-12;1-2-5-3-4-1/h1-10,13H,14H2;3H,1-2H2,(H,4,5). The molecule has 0 radical (unpaired) electrons.